The van der Waals surface area contributed by atoms with Crippen molar-refractivity contribution in [1.82, 2.24) is 14.8 Å². The second-order valence-corrected chi connectivity index (χ2v) is 6.33. The van der Waals surface area contributed by atoms with Gasteiger partial charge in [0.1, 0.15) is 12.4 Å². The van der Waals surface area contributed by atoms with Crippen molar-refractivity contribution in [3.63, 3.8) is 0 Å². The second kappa shape index (κ2) is 6.95. The molecule has 132 valence electrons. The summed E-state index contributed by atoms with van der Waals surface area (Å²) in [6.07, 6.45) is 5.30. The normalized spacial score (nSPS) is 13.9. The van der Waals surface area contributed by atoms with Gasteiger partial charge in [-0.25, -0.2) is 4.98 Å². The fraction of sp³-hybridized carbons (Fsp3) is 0.263. The molecule has 3 heterocycles. The zero-order chi connectivity index (χ0) is 17.9. The number of hydrogen-bond acceptors (Lipinski definition) is 5. The maximum Gasteiger partial charge on any atom is 0.246 e. The Morgan fingerprint density at radius 3 is 2.65 bits per heavy atom. The molecule has 0 bridgehead atoms. The van der Waals surface area contributed by atoms with Crippen molar-refractivity contribution in [2.45, 2.75) is 19.4 Å². The van der Waals surface area contributed by atoms with Crippen LogP contribution in [0.1, 0.15) is 12.8 Å². The summed E-state index contributed by atoms with van der Waals surface area (Å²) in [6.45, 7) is 2.09. The average molecular weight is 349 g/mol. The first-order valence-corrected chi connectivity index (χ1v) is 8.66. The van der Waals surface area contributed by atoms with E-state index in [1.54, 1.807) is 24.4 Å². The van der Waals surface area contributed by atoms with E-state index in [1.807, 2.05) is 18.2 Å². The molecule has 0 atom stereocenters. The smallest absolute Gasteiger partial charge is 0.246 e. The molecule has 0 aliphatic carbocycles. The maximum atomic E-state index is 12.4. The van der Waals surface area contributed by atoms with E-state index in [2.05, 4.69) is 20.3 Å². The van der Waals surface area contributed by atoms with E-state index in [-0.39, 0.29) is 17.9 Å². The van der Waals surface area contributed by atoms with E-state index >= 15 is 0 Å². The maximum absolute atomic E-state index is 12.4. The summed E-state index contributed by atoms with van der Waals surface area (Å²) in [5.41, 5.74) is 1.12. The molecule has 1 aliphatic heterocycles. The fourth-order valence-corrected chi connectivity index (χ4v) is 3.22. The number of rotatable bonds is 4. The highest BCUT2D eigenvalue weighted by atomic mass is 16.2. The standard InChI is InChI=1S/C19H19N5O2/c25-17-12-21-24(16-6-2-1-5-15(16)17)13-19(26)22-14-7-8-18(20-11-14)23-9-3-4-10-23/h1-2,5-8,11-12H,3-4,9-10,13H2,(H,22,26). The lowest BCUT2D eigenvalue weighted by Gasteiger charge is -2.16. The predicted octanol–water partition coefficient (Wildman–Crippen LogP) is 2.03. The molecule has 0 spiro atoms. The van der Waals surface area contributed by atoms with Crippen molar-refractivity contribution < 1.29 is 4.79 Å². The Labute approximate surface area is 150 Å². The number of carbonyl (C=O) groups is 1. The quantitative estimate of drug-likeness (QED) is 0.780. The molecule has 1 aliphatic rings. The van der Waals surface area contributed by atoms with E-state index in [9.17, 15) is 9.59 Å². The summed E-state index contributed by atoms with van der Waals surface area (Å²) < 4.78 is 1.53. The number of nitrogens with zero attached hydrogens (tertiary/aromatic N) is 4. The van der Waals surface area contributed by atoms with Gasteiger partial charge >= 0.3 is 0 Å². The lowest BCUT2D eigenvalue weighted by molar-refractivity contribution is -0.116. The van der Waals surface area contributed by atoms with Crippen molar-refractivity contribution in [3.8, 4) is 0 Å². The van der Waals surface area contributed by atoms with Crippen LogP contribution in [-0.4, -0.2) is 33.8 Å². The van der Waals surface area contributed by atoms with E-state index in [4.69, 9.17) is 0 Å². The van der Waals surface area contributed by atoms with Crippen LogP contribution < -0.4 is 15.6 Å². The van der Waals surface area contributed by atoms with Crippen LogP contribution in [-0.2, 0) is 11.3 Å². The Kier molecular flexibility index (Phi) is 4.35. The summed E-state index contributed by atoms with van der Waals surface area (Å²) in [6, 6.07) is 10.9. The highest BCUT2D eigenvalue weighted by molar-refractivity contribution is 5.91. The first-order valence-electron chi connectivity index (χ1n) is 8.66. The van der Waals surface area contributed by atoms with Gasteiger partial charge in [-0.1, -0.05) is 12.1 Å². The third-order valence-corrected chi connectivity index (χ3v) is 4.52. The Hall–Kier alpha value is -3.22. The van der Waals surface area contributed by atoms with Crippen LogP contribution in [0.15, 0.2) is 53.6 Å². The third kappa shape index (κ3) is 3.28. The molecule has 2 aromatic heterocycles. The molecule has 7 heteroatoms. The molecule has 1 saturated heterocycles. The number of benzene rings is 1. The number of anilines is 2. The lowest BCUT2D eigenvalue weighted by atomic mass is 10.2. The molecule has 0 unspecified atom stereocenters. The molecule has 3 aromatic rings. The van der Waals surface area contributed by atoms with Crippen molar-refractivity contribution in [2.24, 2.45) is 0 Å². The summed E-state index contributed by atoms with van der Waals surface area (Å²) in [5, 5.41) is 7.45. The number of hydrogen-bond donors (Lipinski definition) is 1. The average Bonchev–Trinajstić information content (AvgIpc) is 3.20. The van der Waals surface area contributed by atoms with Crippen LogP contribution in [0.5, 0.6) is 0 Å². The summed E-state index contributed by atoms with van der Waals surface area (Å²) in [4.78, 5) is 30.9. The van der Waals surface area contributed by atoms with Gasteiger partial charge in [-0.2, -0.15) is 5.10 Å². The van der Waals surface area contributed by atoms with Crippen LogP contribution in [0.25, 0.3) is 10.9 Å². The van der Waals surface area contributed by atoms with Gasteiger partial charge in [-0.3, -0.25) is 14.3 Å². The van der Waals surface area contributed by atoms with Gasteiger partial charge < -0.3 is 10.2 Å². The molecule has 1 aromatic carbocycles. The van der Waals surface area contributed by atoms with Crippen LogP contribution in [0.2, 0.25) is 0 Å². The Morgan fingerprint density at radius 1 is 1.08 bits per heavy atom. The minimum absolute atomic E-state index is 0.0225. The molecule has 1 N–H and O–H groups in total. The zero-order valence-electron chi connectivity index (χ0n) is 14.3. The van der Waals surface area contributed by atoms with Gasteiger partial charge in [0, 0.05) is 18.5 Å². The van der Waals surface area contributed by atoms with E-state index < -0.39 is 0 Å². The van der Waals surface area contributed by atoms with Crippen molar-refractivity contribution >= 4 is 28.3 Å². The first-order chi connectivity index (χ1) is 12.7. The molecular weight excluding hydrogens is 330 g/mol. The number of fused-ring (bicyclic) bond motifs is 1. The number of amides is 1. The van der Waals surface area contributed by atoms with Crippen LogP contribution in [0.4, 0.5) is 11.5 Å². The number of aromatic nitrogens is 3. The molecule has 0 saturated carbocycles. The molecule has 1 amide bonds. The minimum Gasteiger partial charge on any atom is -0.357 e. The zero-order valence-corrected chi connectivity index (χ0v) is 14.3. The van der Waals surface area contributed by atoms with E-state index in [1.165, 1.54) is 23.7 Å². The topological polar surface area (TPSA) is 80.1 Å². The van der Waals surface area contributed by atoms with Crippen molar-refractivity contribution in [3.05, 3.63) is 59.0 Å². The van der Waals surface area contributed by atoms with Gasteiger partial charge in [0.2, 0.25) is 11.3 Å². The monoisotopic (exact) mass is 349 g/mol. The van der Waals surface area contributed by atoms with Gasteiger partial charge in [0.25, 0.3) is 0 Å². The Morgan fingerprint density at radius 2 is 1.88 bits per heavy atom. The SMILES string of the molecule is O=C(Cn1ncc(=O)c2ccccc21)Nc1ccc(N2CCCC2)nc1. The second-order valence-electron chi connectivity index (χ2n) is 6.33. The minimum atomic E-state index is -0.220. The number of para-hydroxylation sites is 1. The van der Waals surface area contributed by atoms with Crippen LogP contribution in [0.3, 0.4) is 0 Å². The van der Waals surface area contributed by atoms with Gasteiger partial charge in [0.05, 0.1) is 23.6 Å². The largest absolute Gasteiger partial charge is 0.357 e. The third-order valence-electron chi connectivity index (χ3n) is 4.52. The van der Waals surface area contributed by atoms with E-state index in [0.717, 1.165) is 18.9 Å². The molecule has 26 heavy (non-hydrogen) atoms. The van der Waals surface area contributed by atoms with Crippen molar-refractivity contribution in [2.75, 3.05) is 23.3 Å². The highest BCUT2D eigenvalue weighted by Gasteiger charge is 2.13. The molecule has 1 fully saturated rings. The van der Waals surface area contributed by atoms with Crippen LogP contribution >= 0.6 is 0 Å². The summed E-state index contributed by atoms with van der Waals surface area (Å²) in [7, 11) is 0. The molecule has 4 rings (SSSR count). The number of pyridine rings is 1. The first kappa shape index (κ1) is 16.3. The van der Waals surface area contributed by atoms with Gasteiger partial charge in [0.15, 0.2) is 0 Å². The van der Waals surface area contributed by atoms with Gasteiger partial charge in [-0.15, -0.1) is 0 Å². The predicted molar refractivity (Wildman–Crippen MR) is 100 cm³/mol. The molecular formula is C19H19N5O2. The molecule has 7 nitrogen and oxygen atoms in total. The summed E-state index contributed by atoms with van der Waals surface area (Å²) in [5.74, 6) is 0.718. The molecule has 0 radical (unpaired) electrons. The van der Waals surface area contributed by atoms with Crippen molar-refractivity contribution in [1.29, 1.82) is 0 Å². The number of nitrogens with one attached hydrogen (secondary N) is 1. The van der Waals surface area contributed by atoms with Gasteiger partial charge in [-0.05, 0) is 37.1 Å². The fourth-order valence-electron chi connectivity index (χ4n) is 3.22. The Balaban J connectivity index is 1.47. The lowest BCUT2D eigenvalue weighted by Crippen LogP contribution is -2.23. The highest BCUT2D eigenvalue weighted by Crippen LogP contribution is 2.19. The van der Waals surface area contributed by atoms with E-state index in [0.29, 0.717) is 16.6 Å². The Bertz CT molecular complexity index is 991. The van der Waals surface area contributed by atoms with Crippen LogP contribution in [0, 0.1) is 0 Å². The number of carbonyl (C=O) groups excluding carboxylic acids is 1. The summed E-state index contributed by atoms with van der Waals surface area (Å²) >= 11 is 0.